The highest BCUT2D eigenvalue weighted by molar-refractivity contribution is 8.00. The fourth-order valence-electron chi connectivity index (χ4n) is 3.61. The van der Waals surface area contributed by atoms with E-state index in [1.807, 2.05) is 11.8 Å². The van der Waals surface area contributed by atoms with Crippen molar-refractivity contribution in [2.75, 3.05) is 26.2 Å². The van der Waals surface area contributed by atoms with Gasteiger partial charge < -0.3 is 5.32 Å². The maximum absolute atomic E-state index is 3.50. The third-order valence-electron chi connectivity index (χ3n) is 4.80. The first-order chi connectivity index (χ1) is 10.5. The van der Waals surface area contributed by atoms with Crippen LogP contribution in [0.1, 0.15) is 51.6 Å². The lowest BCUT2D eigenvalue weighted by atomic mass is 9.76. The molecule has 1 aliphatic heterocycles. The molecule has 1 aromatic rings. The zero-order valence-electron chi connectivity index (χ0n) is 15.1. The average molecular weight is 391 g/mol. The molecule has 2 nitrogen and oxygen atoms in total. The van der Waals surface area contributed by atoms with Crippen LogP contribution in [0, 0.1) is 5.92 Å². The summed E-state index contributed by atoms with van der Waals surface area (Å²) in [4.78, 5) is 4.23. The molecule has 1 N–H and O–H groups in total. The molecule has 1 saturated heterocycles. The van der Waals surface area contributed by atoms with Gasteiger partial charge in [-0.1, -0.05) is 45.4 Å². The molecule has 3 rings (SSSR count). The molecule has 1 heterocycles. The first kappa shape index (κ1) is 22.1. The van der Waals surface area contributed by atoms with Crippen molar-refractivity contribution in [3.05, 3.63) is 29.8 Å². The number of nitrogens with zero attached hydrogens (tertiary/aromatic N) is 1. The quantitative estimate of drug-likeness (QED) is 0.713. The first-order valence-electron chi connectivity index (χ1n) is 8.77. The Morgan fingerprint density at radius 2 is 1.71 bits per heavy atom. The van der Waals surface area contributed by atoms with Gasteiger partial charge in [0.2, 0.25) is 0 Å². The smallest absolute Gasteiger partial charge is 0.0388 e. The van der Waals surface area contributed by atoms with Crippen LogP contribution in [-0.4, -0.2) is 35.8 Å². The molecule has 0 unspecified atom stereocenters. The van der Waals surface area contributed by atoms with Crippen molar-refractivity contribution in [2.24, 2.45) is 5.92 Å². The third-order valence-corrected chi connectivity index (χ3v) is 6.00. The van der Waals surface area contributed by atoms with Gasteiger partial charge in [-0.15, -0.1) is 36.6 Å². The van der Waals surface area contributed by atoms with Crippen LogP contribution in [0.2, 0.25) is 0 Å². The van der Waals surface area contributed by atoms with E-state index in [0.29, 0.717) is 6.04 Å². The number of halogens is 2. The van der Waals surface area contributed by atoms with E-state index in [1.54, 1.807) is 5.56 Å². The zero-order valence-corrected chi connectivity index (χ0v) is 17.5. The summed E-state index contributed by atoms with van der Waals surface area (Å²) in [5.74, 6) is 0.861. The number of piperazine rings is 1. The molecule has 24 heavy (non-hydrogen) atoms. The Morgan fingerprint density at radius 1 is 1.08 bits per heavy atom. The van der Waals surface area contributed by atoms with Crippen molar-refractivity contribution in [3.8, 4) is 0 Å². The monoisotopic (exact) mass is 390 g/mol. The lowest BCUT2D eigenvalue weighted by molar-refractivity contribution is 0.0820. The minimum Gasteiger partial charge on any atom is -0.314 e. The lowest BCUT2D eigenvalue weighted by Gasteiger charge is -2.44. The van der Waals surface area contributed by atoms with Crippen molar-refractivity contribution >= 4 is 36.6 Å². The molecule has 0 amide bonds. The molecule has 0 spiro atoms. The summed E-state index contributed by atoms with van der Waals surface area (Å²) in [6.45, 7) is 11.6. The number of hydrogen-bond donors (Lipinski definition) is 1. The highest BCUT2D eigenvalue weighted by Gasteiger charge is 2.35. The molecule has 1 saturated carbocycles. The molecule has 2 fully saturated rings. The van der Waals surface area contributed by atoms with Gasteiger partial charge in [-0.25, -0.2) is 0 Å². The second kappa shape index (κ2) is 9.68. The fourth-order valence-corrected chi connectivity index (χ4v) is 4.73. The van der Waals surface area contributed by atoms with E-state index in [1.165, 1.54) is 37.2 Å². The molecular weight excluding hydrogens is 359 g/mol. The van der Waals surface area contributed by atoms with Gasteiger partial charge >= 0.3 is 0 Å². The SMILES string of the molecule is CC(C)(C)Sc1ccccc1[C@H](C1CCC1)N1CCNCC1.Cl.Cl. The van der Waals surface area contributed by atoms with E-state index in [9.17, 15) is 0 Å². The van der Waals surface area contributed by atoms with Crippen LogP contribution in [-0.2, 0) is 0 Å². The highest BCUT2D eigenvalue weighted by Crippen LogP contribution is 2.45. The Bertz CT molecular complexity index is 494. The maximum Gasteiger partial charge on any atom is 0.0388 e. The van der Waals surface area contributed by atoms with E-state index in [4.69, 9.17) is 0 Å². The van der Waals surface area contributed by atoms with Gasteiger partial charge in [-0.3, -0.25) is 4.90 Å². The van der Waals surface area contributed by atoms with Gasteiger partial charge in [-0.2, -0.15) is 0 Å². The van der Waals surface area contributed by atoms with Crippen molar-refractivity contribution in [1.29, 1.82) is 0 Å². The van der Waals surface area contributed by atoms with Crippen molar-refractivity contribution < 1.29 is 0 Å². The minimum absolute atomic E-state index is 0. The zero-order chi connectivity index (χ0) is 15.6. The van der Waals surface area contributed by atoms with E-state index in [2.05, 4.69) is 55.3 Å². The van der Waals surface area contributed by atoms with Crippen LogP contribution < -0.4 is 5.32 Å². The Labute approximate surface area is 164 Å². The number of rotatable bonds is 4. The summed E-state index contributed by atoms with van der Waals surface area (Å²) in [5, 5.41) is 3.50. The standard InChI is InChI=1S/C19H30N2S.2ClH/c1-19(2,3)22-17-10-5-4-9-16(17)18(15-7-6-8-15)21-13-11-20-12-14-21;;/h4-5,9-10,15,18,20H,6-8,11-14H2,1-3H3;2*1H/t18-;;/m0../s1. The molecule has 5 heteroatoms. The predicted octanol–water partition coefficient (Wildman–Crippen LogP) is 5.17. The van der Waals surface area contributed by atoms with E-state index in [0.717, 1.165) is 19.0 Å². The number of benzene rings is 1. The Morgan fingerprint density at radius 3 is 2.25 bits per heavy atom. The molecule has 0 radical (unpaired) electrons. The molecule has 0 bridgehead atoms. The summed E-state index contributed by atoms with van der Waals surface area (Å²) >= 11 is 2.03. The molecular formula is C19H32Cl2N2S. The second-order valence-electron chi connectivity index (χ2n) is 7.67. The number of nitrogens with one attached hydrogen (secondary N) is 1. The minimum atomic E-state index is 0. The van der Waals surface area contributed by atoms with E-state index in [-0.39, 0.29) is 29.6 Å². The van der Waals surface area contributed by atoms with Crippen LogP contribution in [0.25, 0.3) is 0 Å². The summed E-state index contributed by atoms with van der Waals surface area (Å²) in [7, 11) is 0. The summed E-state index contributed by atoms with van der Waals surface area (Å²) in [6, 6.07) is 9.78. The Kier molecular flexibility index (Phi) is 8.92. The van der Waals surface area contributed by atoms with Gasteiger partial charge in [0.1, 0.15) is 0 Å². The van der Waals surface area contributed by atoms with Crippen LogP contribution in [0.4, 0.5) is 0 Å². The molecule has 138 valence electrons. The highest BCUT2D eigenvalue weighted by atomic mass is 35.5. The van der Waals surface area contributed by atoms with Crippen LogP contribution >= 0.6 is 36.6 Å². The van der Waals surface area contributed by atoms with Gasteiger partial charge in [0.25, 0.3) is 0 Å². The fraction of sp³-hybridized carbons (Fsp3) is 0.684. The van der Waals surface area contributed by atoms with Gasteiger partial charge in [0.05, 0.1) is 0 Å². The van der Waals surface area contributed by atoms with E-state index < -0.39 is 0 Å². The van der Waals surface area contributed by atoms with Gasteiger partial charge in [-0.05, 0) is 30.4 Å². The van der Waals surface area contributed by atoms with Crippen LogP contribution in [0.5, 0.6) is 0 Å². The summed E-state index contributed by atoms with van der Waals surface area (Å²) in [5.41, 5.74) is 1.58. The van der Waals surface area contributed by atoms with Gasteiger partial charge in [0.15, 0.2) is 0 Å². The molecule has 2 aliphatic rings. The van der Waals surface area contributed by atoms with E-state index >= 15 is 0 Å². The molecule has 0 aromatic heterocycles. The summed E-state index contributed by atoms with van der Waals surface area (Å²) in [6.07, 6.45) is 4.23. The number of hydrogen-bond acceptors (Lipinski definition) is 3. The topological polar surface area (TPSA) is 15.3 Å². The normalized spacial score (nSPS) is 20.5. The largest absolute Gasteiger partial charge is 0.314 e. The van der Waals surface area contributed by atoms with Gasteiger partial charge in [0, 0.05) is 41.9 Å². The molecule has 1 aliphatic carbocycles. The predicted molar refractivity (Wildman–Crippen MR) is 111 cm³/mol. The number of thioether (sulfide) groups is 1. The Balaban J connectivity index is 0.00000144. The molecule has 1 aromatic carbocycles. The second-order valence-corrected chi connectivity index (χ2v) is 9.54. The Hall–Kier alpha value is 0.0700. The van der Waals surface area contributed by atoms with Crippen molar-refractivity contribution in [2.45, 2.75) is 55.7 Å². The maximum atomic E-state index is 3.50. The third kappa shape index (κ3) is 5.54. The lowest BCUT2D eigenvalue weighted by Crippen LogP contribution is -2.48. The van der Waals surface area contributed by atoms with Crippen LogP contribution in [0.3, 0.4) is 0 Å². The average Bonchev–Trinajstić information content (AvgIpc) is 2.43. The van der Waals surface area contributed by atoms with Crippen LogP contribution in [0.15, 0.2) is 29.2 Å². The molecule has 1 atom stereocenters. The summed E-state index contributed by atoms with van der Waals surface area (Å²) < 4.78 is 0.268. The van der Waals surface area contributed by atoms with Crippen molar-refractivity contribution in [3.63, 3.8) is 0 Å². The first-order valence-corrected chi connectivity index (χ1v) is 9.59. The van der Waals surface area contributed by atoms with Crippen molar-refractivity contribution in [1.82, 2.24) is 10.2 Å².